The van der Waals surface area contributed by atoms with Crippen molar-refractivity contribution in [2.75, 3.05) is 0 Å². The highest BCUT2D eigenvalue weighted by molar-refractivity contribution is 7.93. The van der Waals surface area contributed by atoms with Crippen molar-refractivity contribution in [3.63, 3.8) is 0 Å². The Balaban J connectivity index is 2.34. The molecule has 2 heteroatoms. The molecule has 1 nitrogen and oxygen atoms in total. The SMILES string of the molecule is C=P(c1ccccc1)(c1ccccc1)c1ccccc1C=O. The second kappa shape index (κ2) is 6.17. The van der Waals surface area contributed by atoms with Crippen LogP contribution in [0.5, 0.6) is 0 Å². The summed E-state index contributed by atoms with van der Waals surface area (Å²) in [7, 11) is 0. The molecule has 0 heterocycles. The smallest absolute Gasteiger partial charge is 0.150 e. The lowest BCUT2D eigenvalue weighted by Crippen LogP contribution is -2.27. The second-order valence-corrected chi connectivity index (χ2v) is 8.29. The standard InChI is InChI=1S/C20H17OP/c1-22(18-11-4-2-5-12-18,19-13-6-3-7-14-19)20-15-9-8-10-17(20)16-21/h2-16H,1H2. The summed E-state index contributed by atoms with van der Waals surface area (Å²) >= 11 is 0. The highest BCUT2D eigenvalue weighted by atomic mass is 31.2. The highest BCUT2D eigenvalue weighted by Crippen LogP contribution is 2.42. The maximum absolute atomic E-state index is 11.5. The van der Waals surface area contributed by atoms with Gasteiger partial charge in [0.1, 0.15) is 0 Å². The zero-order valence-corrected chi connectivity index (χ0v) is 13.1. The van der Waals surface area contributed by atoms with Gasteiger partial charge in [-0.05, 0) is 22.8 Å². The van der Waals surface area contributed by atoms with E-state index in [4.69, 9.17) is 0 Å². The van der Waals surface area contributed by atoms with Crippen LogP contribution in [-0.4, -0.2) is 12.6 Å². The van der Waals surface area contributed by atoms with Crippen molar-refractivity contribution in [3.05, 3.63) is 90.5 Å². The Kier molecular flexibility index (Phi) is 4.09. The molecule has 0 aliphatic heterocycles. The van der Waals surface area contributed by atoms with Gasteiger partial charge in [0.15, 0.2) is 6.29 Å². The van der Waals surface area contributed by atoms with Crippen LogP contribution in [0.25, 0.3) is 0 Å². The van der Waals surface area contributed by atoms with E-state index in [1.54, 1.807) is 0 Å². The van der Waals surface area contributed by atoms with Crippen molar-refractivity contribution >= 4 is 35.4 Å². The number of carbonyl (C=O) groups excluding carboxylic acids is 1. The zero-order chi connectivity index (χ0) is 15.4. The Morgan fingerprint density at radius 2 is 1.14 bits per heavy atom. The third kappa shape index (κ3) is 2.45. The number of aldehydes is 1. The molecule has 0 amide bonds. The average molecular weight is 304 g/mol. The molecule has 0 fully saturated rings. The molecular weight excluding hydrogens is 287 g/mol. The van der Waals surface area contributed by atoms with Gasteiger partial charge in [-0.1, -0.05) is 91.2 Å². The molecule has 3 rings (SSSR count). The Morgan fingerprint density at radius 1 is 0.682 bits per heavy atom. The van der Waals surface area contributed by atoms with Gasteiger partial charge in [-0.15, -0.1) is 0 Å². The predicted molar refractivity (Wildman–Crippen MR) is 97.7 cm³/mol. The van der Waals surface area contributed by atoms with Crippen molar-refractivity contribution in [2.24, 2.45) is 0 Å². The molecule has 0 aliphatic carbocycles. The molecular formula is C20H17OP. The van der Waals surface area contributed by atoms with E-state index in [1.165, 1.54) is 10.6 Å². The van der Waals surface area contributed by atoms with Crippen LogP contribution in [0.3, 0.4) is 0 Å². The lowest BCUT2D eigenvalue weighted by atomic mass is 10.2. The van der Waals surface area contributed by atoms with E-state index in [1.807, 2.05) is 60.7 Å². The molecule has 22 heavy (non-hydrogen) atoms. The van der Waals surface area contributed by atoms with E-state index in [0.29, 0.717) is 0 Å². The van der Waals surface area contributed by atoms with Crippen LogP contribution >= 0.6 is 6.89 Å². The number of rotatable bonds is 4. The molecule has 0 N–H and O–H groups in total. The lowest BCUT2D eigenvalue weighted by molar-refractivity contribution is 0.112. The van der Waals surface area contributed by atoms with E-state index in [2.05, 4.69) is 30.6 Å². The minimum atomic E-state index is -2.06. The van der Waals surface area contributed by atoms with Crippen molar-refractivity contribution in [2.45, 2.75) is 0 Å². The number of hydrogen-bond acceptors (Lipinski definition) is 1. The molecule has 0 aliphatic rings. The molecule has 0 bridgehead atoms. The quantitative estimate of drug-likeness (QED) is 0.534. The fourth-order valence-electron chi connectivity index (χ4n) is 2.73. The van der Waals surface area contributed by atoms with Crippen molar-refractivity contribution in [1.82, 2.24) is 0 Å². The molecule has 0 unspecified atom stereocenters. The summed E-state index contributed by atoms with van der Waals surface area (Å²) in [5.41, 5.74) is 0.721. The van der Waals surface area contributed by atoms with E-state index < -0.39 is 6.89 Å². The van der Waals surface area contributed by atoms with Crippen molar-refractivity contribution in [3.8, 4) is 0 Å². The van der Waals surface area contributed by atoms with Gasteiger partial charge in [-0.25, -0.2) is 0 Å². The summed E-state index contributed by atoms with van der Waals surface area (Å²) in [4.78, 5) is 11.5. The predicted octanol–water partition coefficient (Wildman–Crippen LogP) is 3.23. The molecule has 0 saturated heterocycles. The van der Waals surface area contributed by atoms with Crippen LogP contribution in [-0.2, 0) is 0 Å². The van der Waals surface area contributed by atoms with Crippen LogP contribution in [0.1, 0.15) is 10.4 Å². The Morgan fingerprint density at radius 3 is 1.64 bits per heavy atom. The maximum Gasteiger partial charge on any atom is 0.150 e. The van der Waals surface area contributed by atoms with E-state index >= 15 is 0 Å². The van der Waals surface area contributed by atoms with E-state index in [-0.39, 0.29) is 0 Å². The van der Waals surface area contributed by atoms with Gasteiger partial charge in [0, 0.05) is 5.56 Å². The Hall–Kier alpha value is -2.37. The van der Waals surface area contributed by atoms with Crippen LogP contribution in [0.15, 0.2) is 84.9 Å². The van der Waals surface area contributed by atoms with Crippen LogP contribution < -0.4 is 15.9 Å². The van der Waals surface area contributed by atoms with Gasteiger partial charge in [-0.3, -0.25) is 4.79 Å². The van der Waals surface area contributed by atoms with Gasteiger partial charge in [0.05, 0.1) is 0 Å². The first kappa shape index (κ1) is 14.6. The van der Waals surface area contributed by atoms with Gasteiger partial charge >= 0.3 is 0 Å². The molecule has 3 aromatic rings. The van der Waals surface area contributed by atoms with Gasteiger partial charge in [0.2, 0.25) is 0 Å². The Labute approximate surface area is 131 Å². The summed E-state index contributed by atoms with van der Waals surface area (Å²) in [5.74, 6) is 0. The summed E-state index contributed by atoms with van der Waals surface area (Å²) in [6.07, 6.45) is 5.57. The topological polar surface area (TPSA) is 17.1 Å². The number of carbonyl (C=O) groups is 1. The number of benzene rings is 3. The minimum Gasteiger partial charge on any atom is -0.298 e. The van der Waals surface area contributed by atoms with Gasteiger partial charge in [-0.2, -0.15) is 0 Å². The minimum absolute atomic E-state index is 0.721. The van der Waals surface area contributed by atoms with Crippen molar-refractivity contribution < 1.29 is 4.79 Å². The molecule has 0 saturated carbocycles. The van der Waals surface area contributed by atoms with Gasteiger partial charge in [0.25, 0.3) is 0 Å². The third-order valence-electron chi connectivity index (χ3n) is 3.87. The summed E-state index contributed by atoms with van der Waals surface area (Å²) < 4.78 is 0. The van der Waals surface area contributed by atoms with Gasteiger partial charge < -0.3 is 0 Å². The largest absolute Gasteiger partial charge is 0.298 e. The van der Waals surface area contributed by atoms with E-state index in [0.717, 1.165) is 17.2 Å². The average Bonchev–Trinajstić information content (AvgIpc) is 2.62. The van der Waals surface area contributed by atoms with Crippen LogP contribution in [0.4, 0.5) is 0 Å². The summed E-state index contributed by atoms with van der Waals surface area (Å²) in [6.45, 7) is -2.06. The summed E-state index contributed by atoms with van der Waals surface area (Å²) in [5, 5.41) is 3.38. The first-order valence-electron chi connectivity index (χ1n) is 7.16. The molecule has 3 aromatic carbocycles. The normalized spacial score (nSPS) is 11.1. The first-order chi connectivity index (χ1) is 10.8. The molecule has 0 aromatic heterocycles. The molecule has 0 spiro atoms. The van der Waals surface area contributed by atoms with Crippen LogP contribution in [0, 0.1) is 0 Å². The third-order valence-corrected chi connectivity index (χ3v) is 7.46. The molecule has 0 radical (unpaired) electrons. The summed E-state index contributed by atoms with van der Waals surface area (Å²) in [6, 6.07) is 28.3. The molecule has 108 valence electrons. The van der Waals surface area contributed by atoms with Crippen molar-refractivity contribution in [1.29, 1.82) is 0 Å². The fraction of sp³-hybridized carbons (Fsp3) is 0. The van der Waals surface area contributed by atoms with Crippen LogP contribution in [0.2, 0.25) is 0 Å². The second-order valence-electron chi connectivity index (χ2n) is 5.16. The lowest BCUT2D eigenvalue weighted by Gasteiger charge is -2.27. The molecule has 0 atom stereocenters. The fourth-order valence-corrected chi connectivity index (χ4v) is 5.85. The van der Waals surface area contributed by atoms with E-state index in [9.17, 15) is 4.79 Å². The Bertz CT molecular complexity index is 779. The monoisotopic (exact) mass is 304 g/mol. The maximum atomic E-state index is 11.5. The number of hydrogen-bond donors (Lipinski definition) is 0. The highest BCUT2D eigenvalue weighted by Gasteiger charge is 2.24. The zero-order valence-electron chi connectivity index (χ0n) is 12.2. The first-order valence-corrected chi connectivity index (χ1v) is 9.13.